The van der Waals surface area contributed by atoms with Crippen LogP contribution in [0.3, 0.4) is 0 Å². The van der Waals surface area contributed by atoms with Crippen LogP contribution in [0, 0.1) is 13.8 Å². The minimum absolute atomic E-state index is 0.793. The monoisotopic (exact) mass is 212 g/mol. The van der Waals surface area contributed by atoms with Crippen molar-refractivity contribution in [2.45, 2.75) is 13.8 Å². The smallest absolute Gasteiger partial charge is 0.0349 e. The van der Waals surface area contributed by atoms with Gasteiger partial charge in [-0.3, -0.25) is 0 Å². The summed E-state index contributed by atoms with van der Waals surface area (Å²) < 4.78 is 0. The Hall–Kier alpha value is -1.96. The van der Waals surface area contributed by atoms with Gasteiger partial charge in [0.2, 0.25) is 0 Å². The van der Waals surface area contributed by atoms with Gasteiger partial charge in [-0.25, -0.2) is 0 Å². The van der Waals surface area contributed by atoms with Crippen molar-refractivity contribution in [3.8, 4) is 11.1 Å². The topological polar surface area (TPSA) is 52.0 Å². The molecule has 0 aromatic heterocycles. The van der Waals surface area contributed by atoms with Crippen LogP contribution in [0.25, 0.3) is 11.1 Å². The first-order valence-corrected chi connectivity index (χ1v) is 5.30. The lowest BCUT2D eigenvalue weighted by molar-refractivity contribution is 1.43. The van der Waals surface area contributed by atoms with Crippen molar-refractivity contribution in [3.05, 3.63) is 47.5 Å². The number of rotatable bonds is 1. The molecule has 4 N–H and O–H groups in total. The van der Waals surface area contributed by atoms with Crippen LogP contribution in [0.1, 0.15) is 11.1 Å². The van der Waals surface area contributed by atoms with Gasteiger partial charge in [-0.2, -0.15) is 0 Å². The maximum atomic E-state index is 5.91. The normalized spacial score (nSPS) is 10.4. The van der Waals surface area contributed by atoms with Crippen LogP contribution in [-0.2, 0) is 0 Å². The molecular formula is C14H16N2. The summed E-state index contributed by atoms with van der Waals surface area (Å²) in [5.41, 5.74) is 17.9. The fourth-order valence-electron chi connectivity index (χ4n) is 1.82. The Morgan fingerprint density at radius 3 is 2.19 bits per heavy atom. The van der Waals surface area contributed by atoms with Crippen LogP contribution in [0.5, 0.6) is 0 Å². The van der Waals surface area contributed by atoms with Crippen molar-refractivity contribution in [2.75, 3.05) is 11.5 Å². The molecule has 0 amide bonds. The van der Waals surface area contributed by atoms with Gasteiger partial charge in [0.15, 0.2) is 0 Å². The lowest BCUT2D eigenvalue weighted by Gasteiger charge is -2.09. The van der Waals surface area contributed by atoms with Gasteiger partial charge in [-0.1, -0.05) is 18.2 Å². The van der Waals surface area contributed by atoms with Crippen molar-refractivity contribution in [3.63, 3.8) is 0 Å². The number of hydrogen-bond acceptors (Lipinski definition) is 2. The molecule has 2 nitrogen and oxygen atoms in total. The van der Waals surface area contributed by atoms with Crippen molar-refractivity contribution in [1.29, 1.82) is 0 Å². The average Bonchev–Trinajstić information content (AvgIpc) is 2.22. The van der Waals surface area contributed by atoms with E-state index in [4.69, 9.17) is 11.5 Å². The predicted octanol–water partition coefficient (Wildman–Crippen LogP) is 3.13. The maximum absolute atomic E-state index is 5.91. The number of aryl methyl sites for hydroxylation is 2. The zero-order chi connectivity index (χ0) is 11.7. The maximum Gasteiger partial charge on any atom is 0.0349 e. The van der Waals surface area contributed by atoms with E-state index in [-0.39, 0.29) is 0 Å². The summed E-state index contributed by atoms with van der Waals surface area (Å²) in [5.74, 6) is 0. The number of nitrogen functional groups attached to an aromatic ring is 2. The summed E-state index contributed by atoms with van der Waals surface area (Å²) in [5, 5.41) is 0. The van der Waals surface area contributed by atoms with E-state index in [1.165, 1.54) is 11.1 Å². The molecule has 0 aliphatic rings. The molecule has 16 heavy (non-hydrogen) atoms. The molecule has 0 spiro atoms. The van der Waals surface area contributed by atoms with Crippen molar-refractivity contribution in [1.82, 2.24) is 0 Å². The summed E-state index contributed by atoms with van der Waals surface area (Å²) >= 11 is 0. The Morgan fingerprint density at radius 1 is 0.812 bits per heavy atom. The van der Waals surface area contributed by atoms with Crippen molar-refractivity contribution in [2.24, 2.45) is 0 Å². The molecule has 0 unspecified atom stereocenters. The molecule has 2 aromatic rings. The SMILES string of the molecule is Cc1ccc(-c2ccc(N)cc2C)cc1N. The van der Waals surface area contributed by atoms with Gasteiger partial charge < -0.3 is 11.5 Å². The molecule has 0 heterocycles. The first kappa shape index (κ1) is 10.6. The minimum Gasteiger partial charge on any atom is -0.399 e. The lowest BCUT2D eigenvalue weighted by atomic mass is 9.98. The van der Waals surface area contributed by atoms with Gasteiger partial charge in [0.05, 0.1) is 0 Å². The van der Waals surface area contributed by atoms with Crippen molar-refractivity contribution < 1.29 is 0 Å². The zero-order valence-electron chi connectivity index (χ0n) is 9.62. The van der Waals surface area contributed by atoms with Gasteiger partial charge in [-0.05, 0) is 54.3 Å². The molecular weight excluding hydrogens is 196 g/mol. The van der Waals surface area contributed by atoms with Crippen LogP contribution in [0.2, 0.25) is 0 Å². The van der Waals surface area contributed by atoms with Crippen LogP contribution in [-0.4, -0.2) is 0 Å². The standard InChI is InChI=1S/C14H16N2/c1-9-3-4-11(8-14(9)16)13-6-5-12(15)7-10(13)2/h3-8H,15-16H2,1-2H3. The molecule has 0 saturated carbocycles. The predicted molar refractivity (Wildman–Crippen MR) is 70.2 cm³/mol. The van der Waals surface area contributed by atoms with Gasteiger partial charge in [0.1, 0.15) is 0 Å². The number of benzene rings is 2. The van der Waals surface area contributed by atoms with E-state index in [1.54, 1.807) is 0 Å². The summed E-state index contributed by atoms with van der Waals surface area (Å²) in [4.78, 5) is 0. The highest BCUT2D eigenvalue weighted by Gasteiger charge is 2.03. The molecule has 0 aliphatic carbocycles. The molecule has 0 radical (unpaired) electrons. The van der Waals surface area contributed by atoms with E-state index in [1.807, 2.05) is 37.3 Å². The second-order valence-electron chi connectivity index (χ2n) is 4.15. The van der Waals surface area contributed by atoms with Crippen LogP contribution < -0.4 is 11.5 Å². The Morgan fingerprint density at radius 2 is 1.56 bits per heavy atom. The lowest BCUT2D eigenvalue weighted by Crippen LogP contribution is -1.92. The Bertz CT molecular complexity index is 530. The summed E-state index contributed by atoms with van der Waals surface area (Å²) in [6.07, 6.45) is 0. The molecule has 82 valence electrons. The quantitative estimate of drug-likeness (QED) is 0.713. The first-order chi connectivity index (χ1) is 7.58. The average molecular weight is 212 g/mol. The highest BCUT2D eigenvalue weighted by Crippen LogP contribution is 2.27. The number of anilines is 2. The highest BCUT2D eigenvalue weighted by atomic mass is 14.6. The van der Waals surface area contributed by atoms with Crippen LogP contribution in [0.15, 0.2) is 36.4 Å². The second kappa shape index (κ2) is 3.89. The molecule has 0 aliphatic heterocycles. The van der Waals surface area contributed by atoms with E-state index in [2.05, 4.69) is 13.0 Å². The fraction of sp³-hybridized carbons (Fsp3) is 0.143. The van der Waals surface area contributed by atoms with E-state index in [9.17, 15) is 0 Å². The van der Waals surface area contributed by atoms with Crippen LogP contribution >= 0.6 is 0 Å². The number of hydrogen-bond donors (Lipinski definition) is 2. The van der Waals surface area contributed by atoms with E-state index in [0.717, 1.165) is 22.5 Å². The third-order valence-electron chi connectivity index (χ3n) is 2.84. The number of nitrogens with two attached hydrogens (primary N) is 2. The van der Waals surface area contributed by atoms with Gasteiger partial charge in [0, 0.05) is 11.4 Å². The van der Waals surface area contributed by atoms with Gasteiger partial charge in [-0.15, -0.1) is 0 Å². The van der Waals surface area contributed by atoms with Gasteiger partial charge in [0.25, 0.3) is 0 Å². The molecule has 2 rings (SSSR count). The second-order valence-corrected chi connectivity index (χ2v) is 4.15. The molecule has 2 aromatic carbocycles. The van der Waals surface area contributed by atoms with Gasteiger partial charge >= 0.3 is 0 Å². The molecule has 0 saturated heterocycles. The molecule has 0 fully saturated rings. The Kier molecular flexibility index (Phi) is 2.57. The fourth-order valence-corrected chi connectivity index (χ4v) is 1.82. The third kappa shape index (κ3) is 1.87. The summed E-state index contributed by atoms with van der Waals surface area (Å²) in [6, 6.07) is 12.1. The Labute approximate surface area is 95.9 Å². The first-order valence-electron chi connectivity index (χ1n) is 5.30. The molecule has 0 atom stereocenters. The Balaban J connectivity index is 2.54. The van der Waals surface area contributed by atoms with Crippen molar-refractivity contribution >= 4 is 11.4 Å². The van der Waals surface area contributed by atoms with E-state index in [0.29, 0.717) is 0 Å². The minimum atomic E-state index is 0.793. The van der Waals surface area contributed by atoms with E-state index < -0.39 is 0 Å². The molecule has 0 bridgehead atoms. The zero-order valence-corrected chi connectivity index (χ0v) is 9.62. The van der Waals surface area contributed by atoms with E-state index >= 15 is 0 Å². The van der Waals surface area contributed by atoms with Crippen LogP contribution in [0.4, 0.5) is 11.4 Å². The largest absolute Gasteiger partial charge is 0.399 e. The summed E-state index contributed by atoms with van der Waals surface area (Å²) in [6.45, 7) is 4.07. The highest BCUT2D eigenvalue weighted by molar-refractivity contribution is 5.73. The summed E-state index contributed by atoms with van der Waals surface area (Å²) in [7, 11) is 0. The molecule has 2 heteroatoms. The third-order valence-corrected chi connectivity index (χ3v) is 2.84.